The van der Waals surface area contributed by atoms with Crippen LogP contribution < -0.4 is 0 Å². The van der Waals surface area contributed by atoms with Crippen LogP contribution in [0.5, 0.6) is 0 Å². The predicted octanol–water partition coefficient (Wildman–Crippen LogP) is 2.14. The van der Waals surface area contributed by atoms with Crippen LogP contribution in [0.25, 0.3) is 0 Å². The van der Waals surface area contributed by atoms with E-state index >= 15 is 0 Å². The van der Waals surface area contributed by atoms with Crippen molar-refractivity contribution < 1.29 is 19.0 Å². The Hall–Kier alpha value is -1.47. The first-order chi connectivity index (χ1) is 8.72. The maximum absolute atomic E-state index is 12.0. The van der Waals surface area contributed by atoms with Crippen LogP contribution in [0.4, 0.5) is 0 Å². The summed E-state index contributed by atoms with van der Waals surface area (Å²) in [7, 11) is 1.56. The van der Waals surface area contributed by atoms with Crippen LogP contribution in [-0.2, 0) is 19.0 Å². The molecule has 1 saturated heterocycles. The van der Waals surface area contributed by atoms with E-state index in [-0.39, 0.29) is 18.0 Å². The Morgan fingerprint density at radius 3 is 2.47 bits per heavy atom. The Kier molecular flexibility index (Phi) is 4.65. The van der Waals surface area contributed by atoms with Crippen molar-refractivity contribution in [3.8, 4) is 12.3 Å². The molecule has 0 aromatic rings. The summed E-state index contributed by atoms with van der Waals surface area (Å²) < 4.78 is 16.3. The van der Waals surface area contributed by atoms with E-state index in [0.29, 0.717) is 5.76 Å². The number of ether oxygens (including phenoxy) is 3. The van der Waals surface area contributed by atoms with Crippen molar-refractivity contribution >= 4 is 5.97 Å². The molecule has 0 aromatic carbocycles. The highest BCUT2D eigenvalue weighted by molar-refractivity contribution is 5.75. The maximum atomic E-state index is 12.0. The summed E-state index contributed by atoms with van der Waals surface area (Å²) in [6.07, 6.45) is 4.04. The molecule has 19 heavy (non-hydrogen) atoms. The number of carbonyl (C=O) groups is 1. The lowest BCUT2D eigenvalue weighted by Crippen LogP contribution is -2.49. The fraction of sp³-hybridized carbons (Fsp3) is 0.667. The second-order valence-corrected chi connectivity index (χ2v) is 5.81. The summed E-state index contributed by atoms with van der Waals surface area (Å²) in [6, 6.07) is 0. The molecule has 0 unspecified atom stereocenters. The summed E-state index contributed by atoms with van der Waals surface area (Å²) in [5.74, 6) is 2.48. The van der Waals surface area contributed by atoms with E-state index in [9.17, 15) is 4.79 Å². The minimum atomic E-state index is -0.578. The molecule has 0 aromatic heterocycles. The predicted molar refractivity (Wildman–Crippen MR) is 72.1 cm³/mol. The number of rotatable bonds is 2. The lowest BCUT2D eigenvalue weighted by atomic mass is 9.89. The molecule has 4 atom stereocenters. The molecular weight excluding hydrogens is 244 g/mol. The third kappa shape index (κ3) is 3.30. The van der Waals surface area contributed by atoms with E-state index < -0.39 is 17.6 Å². The van der Waals surface area contributed by atoms with Gasteiger partial charge in [-0.15, -0.1) is 6.42 Å². The van der Waals surface area contributed by atoms with Crippen molar-refractivity contribution in [2.45, 2.75) is 46.0 Å². The summed E-state index contributed by atoms with van der Waals surface area (Å²) >= 11 is 0. The smallest absolute Gasteiger partial charge is 0.311 e. The lowest BCUT2D eigenvalue weighted by Gasteiger charge is -2.40. The van der Waals surface area contributed by atoms with Gasteiger partial charge in [-0.3, -0.25) is 4.79 Å². The van der Waals surface area contributed by atoms with Gasteiger partial charge in [0.05, 0.1) is 5.41 Å². The van der Waals surface area contributed by atoms with Gasteiger partial charge >= 0.3 is 5.97 Å². The average Bonchev–Trinajstić information content (AvgIpc) is 2.32. The van der Waals surface area contributed by atoms with E-state index in [1.54, 1.807) is 27.9 Å². The molecule has 1 aliphatic rings. The Morgan fingerprint density at radius 2 is 2.05 bits per heavy atom. The molecule has 0 N–H and O–H groups in total. The molecule has 0 bridgehead atoms. The molecule has 1 heterocycles. The van der Waals surface area contributed by atoms with Crippen LogP contribution in [0.1, 0.15) is 27.7 Å². The second-order valence-electron chi connectivity index (χ2n) is 5.81. The van der Waals surface area contributed by atoms with Gasteiger partial charge in [-0.1, -0.05) is 19.4 Å². The molecular formula is C15H22O4. The van der Waals surface area contributed by atoms with Gasteiger partial charge in [-0.05, 0) is 20.8 Å². The van der Waals surface area contributed by atoms with Gasteiger partial charge in [0.15, 0.2) is 12.2 Å². The third-order valence-electron chi connectivity index (χ3n) is 3.17. The number of terminal acetylenes is 1. The van der Waals surface area contributed by atoms with Gasteiger partial charge in [-0.2, -0.15) is 0 Å². The Labute approximate surface area is 115 Å². The summed E-state index contributed by atoms with van der Waals surface area (Å²) in [4.78, 5) is 12.0. The van der Waals surface area contributed by atoms with Crippen molar-refractivity contribution in [3.05, 3.63) is 12.3 Å². The van der Waals surface area contributed by atoms with Crippen LogP contribution >= 0.6 is 0 Å². The van der Waals surface area contributed by atoms with Crippen LogP contribution in [0, 0.1) is 23.7 Å². The quantitative estimate of drug-likeness (QED) is 0.567. The summed E-state index contributed by atoms with van der Waals surface area (Å²) in [5.41, 5.74) is -0.578. The third-order valence-corrected chi connectivity index (χ3v) is 3.17. The van der Waals surface area contributed by atoms with Gasteiger partial charge < -0.3 is 14.2 Å². The van der Waals surface area contributed by atoms with Crippen molar-refractivity contribution in [1.82, 2.24) is 0 Å². The zero-order valence-corrected chi connectivity index (χ0v) is 12.2. The minimum absolute atomic E-state index is 0.112. The fourth-order valence-electron chi connectivity index (χ4n) is 1.97. The van der Waals surface area contributed by atoms with Crippen LogP contribution in [0.2, 0.25) is 0 Å². The number of hydrogen-bond acceptors (Lipinski definition) is 4. The lowest BCUT2D eigenvalue weighted by molar-refractivity contribution is -0.174. The van der Waals surface area contributed by atoms with Gasteiger partial charge in [0.25, 0.3) is 0 Å². The highest BCUT2D eigenvalue weighted by atomic mass is 16.6. The first kappa shape index (κ1) is 15.6. The Morgan fingerprint density at radius 1 is 1.47 bits per heavy atom. The van der Waals surface area contributed by atoms with Gasteiger partial charge in [0.1, 0.15) is 11.9 Å². The molecule has 0 amide bonds. The highest BCUT2D eigenvalue weighted by Crippen LogP contribution is 2.32. The molecule has 1 aliphatic heterocycles. The molecule has 0 aliphatic carbocycles. The Balaban J connectivity index is 2.88. The van der Waals surface area contributed by atoms with E-state index in [4.69, 9.17) is 20.6 Å². The molecule has 0 spiro atoms. The van der Waals surface area contributed by atoms with E-state index in [0.717, 1.165) is 0 Å². The van der Waals surface area contributed by atoms with Crippen LogP contribution in [0.15, 0.2) is 12.3 Å². The molecule has 106 valence electrons. The summed E-state index contributed by atoms with van der Waals surface area (Å²) in [6.45, 7) is 11.1. The van der Waals surface area contributed by atoms with Crippen molar-refractivity contribution in [3.63, 3.8) is 0 Å². The van der Waals surface area contributed by atoms with Crippen molar-refractivity contribution in [1.29, 1.82) is 0 Å². The standard InChI is InChI=1S/C15H22O4/c1-8-11-13(17-7)9(2)12(10(3)18-11)19-14(16)15(4,5)6/h1,9,11-13H,3H2,2,4-7H3/t9-,11-,12-,13-/m1/s1. The fourth-order valence-corrected chi connectivity index (χ4v) is 1.97. The minimum Gasteiger partial charge on any atom is -0.476 e. The molecule has 1 fully saturated rings. The molecule has 4 heteroatoms. The highest BCUT2D eigenvalue weighted by Gasteiger charge is 2.43. The van der Waals surface area contributed by atoms with Gasteiger partial charge in [0, 0.05) is 13.0 Å². The zero-order valence-electron chi connectivity index (χ0n) is 12.2. The van der Waals surface area contributed by atoms with Crippen molar-refractivity contribution in [2.24, 2.45) is 11.3 Å². The number of esters is 1. The monoisotopic (exact) mass is 266 g/mol. The first-order valence-corrected chi connectivity index (χ1v) is 6.27. The second kappa shape index (κ2) is 5.66. The van der Waals surface area contributed by atoms with E-state index in [1.807, 2.05) is 6.92 Å². The number of carbonyl (C=O) groups excluding carboxylic acids is 1. The molecule has 0 radical (unpaired) electrons. The van der Waals surface area contributed by atoms with Crippen LogP contribution in [-0.4, -0.2) is 31.4 Å². The number of hydrogen-bond donors (Lipinski definition) is 0. The molecule has 1 rings (SSSR count). The van der Waals surface area contributed by atoms with E-state index in [2.05, 4.69) is 12.5 Å². The average molecular weight is 266 g/mol. The topological polar surface area (TPSA) is 44.8 Å². The van der Waals surface area contributed by atoms with Crippen molar-refractivity contribution in [2.75, 3.05) is 7.11 Å². The first-order valence-electron chi connectivity index (χ1n) is 6.27. The molecule has 0 saturated carbocycles. The maximum Gasteiger partial charge on any atom is 0.311 e. The number of methoxy groups -OCH3 is 1. The van der Waals surface area contributed by atoms with E-state index in [1.165, 1.54) is 0 Å². The normalized spacial score (nSPS) is 31.3. The Bertz CT molecular complexity index is 399. The van der Waals surface area contributed by atoms with Crippen LogP contribution in [0.3, 0.4) is 0 Å². The summed E-state index contributed by atoms with van der Waals surface area (Å²) in [5, 5.41) is 0. The largest absolute Gasteiger partial charge is 0.476 e. The molecule has 4 nitrogen and oxygen atoms in total. The van der Waals surface area contributed by atoms with Gasteiger partial charge in [-0.25, -0.2) is 0 Å². The van der Waals surface area contributed by atoms with Gasteiger partial charge in [0.2, 0.25) is 0 Å². The SMILES string of the molecule is C#C[C@H]1OC(=C)[C@H](OC(=O)C(C)(C)C)[C@@H](C)[C@H]1OC. The zero-order chi connectivity index (χ0) is 14.8.